The van der Waals surface area contributed by atoms with Crippen LogP contribution in [0, 0.1) is 0 Å². The lowest BCUT2D eigenvalue weighted by Crippen LogP contribution is -2.34. The Morgan fingerprint density at radius 3 is 2.53 bits per heavy atom. The summed E-state index contributed by atoms with van der Waals surface area (Å²) in [4.78, 5) is 18.3. The Kier molecular flexibility index (Phi) is 3.61. The Bertz CT molecular complexity index is 351. The first-order chi connectivity index (χ1) is 6.88. The monoisotopic (exact) mass is 283 g/mol. The summed E-state index contributed by atoms with van der Waals surface area (Å²) in [5.74, 6) is -0.910. The summed E-state index contributed by atoms with van der Waals surface area (Å²) in [7, 11) is 0. The first-order valence-electron chi connectivity index (χ1n) is 3.71. The molecule has 15 heavy (non-hydrogen) atoms. The van der Waals surface area contributed by atoms with Crippen LogP contribution in [0.15, 0.2) is 17.0 Å². The maximum Gasteiger partial charge on any atom is 0.405 e. The third-order valence-electron chi connectivity index (χ3n) is 1.30. The number of aromatic nitrogens is 2. The average Bonchev–Trinajstić information content (AvgIpc) is 2.14. The third-order valence-corrected chi connectivity index (χ3v) is 1.71. The van der Waals surface area contributed by atoms with Gasteiger partial charge in [-0.05, 0) is 15.9 Å². The topological polar surface area (TPSA) is 54.9 Å². The molecule has 1 heterocycles. The Labute approximate surface area is 91.0 Å². The molecule has 1 aromatic rings. The van der Waals surface area contributed by atoms with Gasteiger partial charge in [0.15, 0.2) is 0 Å². The zero-order valence-corrected chi connectivity index (χ0v) is 8.76. The number of hydrogen-bond acceptors (Lipinski definition) is 3. The van der Waals surface area contributed by atoms with Crippen molar-refractivity contribution in [3.63, 3.8) is 0 Å². The number of nitrogens with one attached hydrogen (secondary N) is 1. The van der Waals surface area contributed by atoms with Gasteiger partial charge in [-0.1, -0.05) is 0 Å². The van der Waals surface area contributed by atoms with Gasteiger partial charge in [0.25, 0.3) is 5.91 Å². The van der Waals surface area contributed by atoms with E-state index in [0.29, 0.717) is 4.60 Å². The lowest BCUT2D eigenvalue weighted by atomic mass is 10.4. The number of rotatable bonds is 2. The van der Waals surface area contributed by atoms with Gasteiger partial charge in [-0.25, -0.2) is 9.97 Å². The van der Waals surface area contributed by atoms with E-state index in [2.05, 4.69) is 25.9 Å². The van der Waals surface area contributed by atoms with Crippen molar-refractivity contribution in [3.05, 3.63) is 22.7 Å². The van der Waals surface area contributed by atoms with Crippen molar-refractivity contribution in [2.45, 2.75) is 6.18 Å². The molecule has 0 aromatic carbocycles. The lowest BCUT2D eigenvalue weighted by Gasteiger charge is -2.07. The molecule has 0 aliphatic rings. The minimum atomic E-state index is -4.43. The van der Waals surface area contributed by atoms with Crippen molar-refractivity contribution in [1.82, 2.24) is 15.3 Å². The summed E-state index contributed by atoms with van der Waals surface area (Å²) in [5, 5.41) is 1.68. The molecule has 0 aliphatic heterocycles. The van der Waals surface area contributed by atoms with Crippen LogP contribution in [0.25, 0.3) is 0 Å². The van der Waals surface area contributed by atoms with E-state index in [1.165, 1.54) is 6.20 Å². The van der Waals surface area contributed by atoms with Crippen LogP contribution in [0.1, 0.15) is 10.5 Å². The second-order valence-electron chi connectivity index (χ2n) is 2.52. The predicted octanol–water partition coefficient (Wildman–Crippen LogP) is 1.53. The minimum absolute atomic E-state index is 0.164. The Hall–Kier alpha value is -1.18. The highest BCUT2D eigenvalue weighted by Gasteiger charge is 2.28. The maximum atomic E-state index is 11.7. The Morgan fingerprint density at radius 2 is 2.07 bits per heavy atom. The van der Waals surface area contributed by atoms with Crippen LogP contribution in [0.4, 0.5) is 13.2 Å². The first kappa shape index (κ1) is 11.9. The van der Waals surface area contributed by atoms with Gasteiger partial charge in [0.2, 0.25) is 0 Å². The van der Waals surface area contributed by atoms with E-state index in [1.807, 2.05) is 0 Å². The molecule has 82 valence electrons. The normalized spacial score (nSPS) is 11.2. The van der Waals surface area contributed by atoms with E-state index >= 15 is 0 Å². The zero-order chi connectivity index (χ0) is 11.5. The predicted molar refractivity (Wildman–Crippen MR) is 48.1 cm³/mol. The van der Waals surface area contributed by atoms with Gasteiger partial charge in [-0.2, -0.15) is 13.2 Å². The van der Waals surface area contributed by atoms with Crippen molar-refractivity contribution in [1.29, 1.82) is 0 Å². The standard InChI is InChI=1S/C7H5BrF3N3O/c8-5-2-12-4(1-13-5)6(15)14-3-7(9,10)11/h1-2H,3H2,(H,14,15). The molecule has 8 heteroatoms. The van der Waals surface area contributed by atoms with Crippen LogP contribution in [-0.2, 0) is 0 Å². The number of halogens is 4. The summed E-state index contributed by atoms with van der Waals surface area (Å²) in [5.41, 5.74) is -0.164. The van der Waals surface area contributed by atoms with Crippen LogP contribution in [0.5, 0.6) is 0 Å². The highest BCUT2D eigenvalue weighted by Crippen LogP contribution is 2.12. The largest absolute Gasteiger partial charge is 0.405 e. The molecular formula is C7H5BrF3N3O. The molecule has 0 spiro atoms. The van der Waals surface area contributed by atoms with Crippen LogP contribution < -0.4 is 5.32 Å². The molecule has 0 fully saturated rings. The molecule has 1 N–H and O–H groups in total. The molecule has 1 amide bonds. The number of carbonyl (C=O) groups is 1. The smallest absolute Gasteiger partial charge is 0.342 e. The number of amides is 1. The van der Waals surface area contributed by atoms with Gasteiger partial charge < -0.3 is 5.32 Å². The Balaban J connectivity index is 2.58. The van der Waals surface area contributed by atoms with E-state index in [4.69, 9.17) is 0 Å². The molecule has 4 nitrogen and oxygen atoms in total. The summed E-state index contributed by atoms with van der Waals surface area (Å²) in [6.07, 6.45) is -2.13. The highest BCUT2D eigenvalue weighted by molar-refractivity contribution is 9.10. The number of nitrogens with zero attached hydrogens (tertiary/aromatic N) is 2. The van der Waals surface area contributed by atoms with Gasteiger partial charge in [0, 0.05) is 0 Å². The van der Waals surface area contributed by atoms with Crippen LogP contribution >= 0.6 is 15.9 Å². The summed E-state index contributed by atoms with van der Waals surface area (Å²) >= 11 is 2.98. The fourth-order valence-corrected chi connectivity index (χ4v) is 0.905. The molecule has 1 rings (SSSR count). The average molecular weight is 284 g/mol. The molecule has 0 saturated heterocycles. The summed E-state index contributed by atoms with van der Waals surface area (Å²) < 4.78 is 35.6. The van der Waals surface area contributed by atoms with Crippen molar-refractivity contribution in [2.75, 3.05) is 6.54 Å². The van der Waals surface area contributed by atoms with E-state index in [0.717, 1.165) is 6.20 Å². The summed E-state index contributed by atoms with van der Waals surface area (Å²) in [6, 6.07) is 0. The van der Waals surface area contributed by atoms with Crippen LogP contribution in [0.3, 0.4) is 0 Å². The van der Waals surface area contributed by atoms with Crippen molar-refractivity contribution in [3.8, 4) is 0 Å². The van der Waals surface area contributed by atoms with Gasteiger partial charge in [0.05, 0.1) is 12.4 Å². The van der Waals surface area contributed by atoms with Gasteiger partial charge in [-0.15, -0.1) is 0 Å². The molecular weight excluding hydrogens is 279 g/mol. The molecule has 0 bridgehead atoms. The van der Waals surface area contributed by atoms with Gasteiger partial charge in [-0.3, -0.25) is 4.79 Å². The van der Waals surface area contributed by atoms with Crippen LogP contribution in [-0.4, -0.2) is 28.6 Å². The second-order valence-corrected chi connectivity index (χ2v) is 3.33. The summed E-state index contributed by atoms with van der Waals surface area (Å²) in [6.45, 7) is -1.39. The molecule has 0 aliphatic carbocycles. The van der Waals surface area contributed by atoms with Crippen LogP contribution in [0.2, 0.25) is 0 Å². The molecule has 0 unspecified atom stereocenters. The van der Waals surface area contributed by atoms with Crippen molar-refractivity contribution < 1.29 is 18.0 Å². The van der Waals surface area contributed by atoms with Gasteiger partial charge in [0.1, 0.15) is 16.8 Å². The molecule has 0 saturated carbocycles. The molecule has 0 radical (unpaired) electrons. The molecule has 1 aromatic heterocycles. The van der Waals surface area contributed by atoms with E-state index < -0.39 is 18.6 Å². The van der Waals surface area contributed by atoms with Crippen molar-refractivity contribution >= 4 is 21.8 Å². The SMILES string of the molecule is O=C(NCC(F)(F)F)c1cnc(Br)cn1. The van der Waals surface area contributed by atoms with E-state index in [-0.39, 0.29) is 5.69 Å². The fourth-order valence-electron chi connectivity index (χ4n) is 0.701. The van der Waals surface area contributed by atoms with Gasteiger partial charge >= 0.3 is 6.18 Å². The van der Waals surface area contributed by atoms with E-state index in [1.54, 1.807) is 5.32 Å². The second kappa shape index (κ2) is 4.56. The maximum absolute atomic E-state index is 11.7. The van der Waals surface area contributed by atoms with Crippen molar-refractivity contribution in [2.24, 2.45) is 0 Å². The minimum Gasteiger partial charge on any atom is -0.342 e. The number of hydrogen-bond donors (Lipinski definition) is 1. The number of carbonyl (C=O) groups excluding carboxylic acids is 1. The fraction of sp³-hybridized carbons (Fsp3) is 0.286. The Morgan fingerprint density at radius 1 is 1.40 bits per heavy atom. The number of alkyl halides is 3. The van der Waals surface area contributed by atoms with E-state index in [9.17, 15) is 18.0 Å². The first-order valence-corrected chi connectivity index (χ1v) is 4.50. The highest BCUT2D eigenvalue weighted by atomic mass is 79.9. The molecule has 0 atom stereocenters. The lowest BCUT2D eigenvalue weighted by molar-refractivity contribution is -0.123. The third kappa shape index (κ3) is 4.24. The zero-order valence-electron chi connectivity index (χ0n) is 7.18. The quantitative estimate of drug-likeness (QED) is 0.896.